The van der Waals surface area contributed by atoms with Crippen molar-refractivity contribution in [3.8, 4) is 17.2 Å². The summed E-state index contributed by atoms with van der Waals surface area (Å²) in [5.74, 6) is 0.146. The number of nitrogens with zero attached hydrogens (tertiary/aromatic N) is 1. The zero-order valence-corrected chi connectivity index (χ0v) is 16.9. The van der Waals surface area contributed by atoms with E-state index in [9.17, 15) is 18.4 Å². The fraction of sp³-hybridized carbons (Fsp3) is 0.273. The number of carbonyl (C=O) groups excluding carboxylic acids is 2. The van der Waals surface area contributed by atoms with E-state index in [-0.39, 0.29) is 36.4 Å². The number of likely N-dealkylation sites (N-methyl/N-ethyl adjacent to an activating group) is 1. The fourth-order valence-electron chi connectivity index (χ4n) is 2.35. The molecule has 160 valence electrons. The zero-order valence-electron chi connectivity index (χ0n) is 16.9. The minimum atomic E-state index is -2.96. The lowest BCUT2D eigenvalue weighted by Gasteiger charge is -2.11. The third-order valence-corrected chi connectivity index (χ3v) is 3.91. The van der Waals surface area contributed by atoms with Gasteiger partial charge < -0.3 is 19.1 Å². The molecule has 2 aromatic rings. The van der Waals surface area contributed by atoms with Crippen molar-refractivity contribution in [1.82, 2.24) is 4.90 Å². The van der Waals surface area contributed by atoms with Crippen LogP contribution < -0.4 is 14.2 Å². The molecule has 1 amide bonds. The number of hydrogen-bond donors (Lipinski definition) is 0. The van der Waals surface area contributed by atoms with Gasteiger partial charge in [-0.25, -0.2) is 0 Å². The number of rotatable bonds is 10. The van der Waals surface area contributed by atoms with Gasteiger partial charge in [0.1, 0.15) is 5.75 Å². The number of halogens is 2. The highest BCUT2D eigenvalue weighted by atomic mass is 19.3. The molecule has 6 nitrogen and oxygen atoms in total. The van der Waals surface area contributed by atoms with Crippen molar-refractivity contribution in [1.29, 1.82) is 0 Å². The number of ketones is 1. The Hall–Kier alpha value is -3.42. The molecule has 0 N–H and O–H groups in total. The lowest BCUT2D eigenvalue weighted by molar-refractivity contribution is -0.130. The fourth-order valence-corrected chi connectivity index (χ4v) is 2.35. The molecule has 0 saturated carbocycles. The van der Waals surface area contributed by atoms with Crippen LogP contribution in [0, 0.1) is 0 Å². The Balaban J connectivity index is 2.04. The largest absolute Gasteiger partial charge is 0.490 e. The predicted molar refractivity (Wildman–Crippen MR) is 108 cm³/mol. The number of carbonyl (C=O) groups is 2. The molecule has 0 aromatic heterocycles. The van der Waals surface area contributed by atoms with Gasteiger partial charge in [0.15, 0.2) is 23.9 Å². The monoisotopic (exact) mass is 419 g/mol. The van der Waals surface area contributed by atoms with Crippen molar-refractivity contribution in [2.75, 3.05) is 27.3 Å². The summed E-state index contributed by atoms with van der Waals surface area (Å²) in [7, 11) is 3.27. The average Bonchev–Trinajstić information content (AvgIpc) is 2.72. The van der Waals surface area contributed by atoms with Gasteiger partial charge in [0, 0.05) is 19.7 Å². The highest BCUT2D eigenvalue weighted by Gasteiger charge is 2.11. The normalized spacial score (nSPS) is 10.9. The maximum atomic E-state index is 12.5. The van der Waals surface area contributed by atoms with E-state index < -0.39 is 6.61 Å². The van der Waals surface area contributed by atoms with Crippen molar-refractivity contribution in [2.45, 2.75) is 13.5 Å². The molecule has 0 radical (unpaired) electrons. The molecule has 2 rings (SSSR count). The third-order valence-electron chi connectivity index (χ3n) is 3.91. The first-order chi connectivity index (χ1) is 14.3. The van der Waals surface area contributed by atoms with Gasteiger partial charge in [-0.2, -0.15) is 8.78 Å². The van der Waals surface area contributed by atoms with Crippen LogP contribution in [0.2, 0.25) is 0 Å². The maximum Gasteiger partial charge on any atom is 0.387 e. The van der Waals surface area contributed by atoms with E-state index in [1.165, 1.54) is 23.1 Å². The molecular formula is C22H23F2NO5. The third kappa shape index (κ3) is 6.88. The molecule has 8 heteroatoms. The number of allylic oxidation sites excluding steroid dienone is 1. The Morgan fingerprint density at radius 2 is 1.73 bits per heavy atom. The van der Waals surface area contributed by atoms with E-state index in [0.717, 1.165) is 0 Å². The molecule has 0 aliphatic carbocycles. The lowest BCUT2D eigenvalue weighted by atomic mass is 10.1. The summed E-state index contributed by atoms with van der Waals surface area (Å²) in [6.45, 7) is -1.05. The molecule has 0 heterocycles. The average molecular weight is 419 g/mol. The van der Waals surface area contributed by atoms with Gasteiger partial charge in [0.05, 0.1) is 6.61 Å². The Kier molecular flexibility index (Phi) is 8.34. The Morgan fingerprint density at radius 3 is 2.33 bits per heavy atom. The van der Waals surface area contributed by atoms with Crippen molar-refractivity contribution < 1.29 is 32.6 Å². The molecule has 0 fully saturated rings. The zero-order chi connectivity index (χ0) is 22.1. The summed E-state index contributed by atoms with van der Waals surface area (Å²) >= 11 is 0. The Morgan fingerprint density at radius 1 is 1.03 bits per heavy atom. The molecule has 0 spiro atoms. The van der Waals surface area contributed by atoms with Gasteiger partial charge in [0.25, 0.3) is 5.91 Å². The standard InChI is InChI=1S/C22H23F2NO5/c1-4-28-20-13-15(6-12-19(20)30-22(23)24)5-11-18(26)16-7-9-17(10-8-16)29-14-21(27)25(2)3/h5-13,22H,4,14H2,1-3H3/b11-5+. The number of hydrogen-bond acceptors (Lipinski definition) is 5. The number of benzene rings is 2. The number of ether oxygens (including phenoxy) is 3. The van der Waals surface area contributed by atoms with E-state index in [1.807, 2.05) is 0 Å². The topological polar surface area (TPSA) is 65.1 Å². The summed E-state index contributed by atoms with van der Waals surface area (Å²) < 4.78 is 40.1. The summed E-state index contributed by atoms with van der Waals surface area (Å²) in [5.41, 5.74) is 1.02. The van der Waals surface area contributed by atoms with Gasteiger partial charge >= 0.3 is 6.61 Å². The minimum absolute atomic E-state index is 0.0707. The second-order valence-corrected chi connectivity index (χ2v) is 6.32. The molecule has 2 aromatic carbocycles. The molecule has 0 unspecified atom stereocenters. The summed E-state index contributed by atoms with van der Waals surface area (Å²) in [5, 5.41) is 0. The first-order valence-electron chi connectivity index (χ1n) is 9.17. The van der Waals surface area contributed by atoms with Gasteiger partial charge in [-0.1, -0.05) is 12.1 Å². The second kappa shape index (κ2) is 10.9. The van der Waals surface area contributed by atoms with Crippen LogP contribution in [0.4, 0.5) is 8.78 Å². The first kappa shape index (κ1) is 22.9. The molecule has 30 heavy (non-hydrogen) atoms. The molecular weight excluding hydrogens is 396 g/mol. The quantitative estimate of drug-likeness (QED) is 0.429. The van der Waals surface area contributed by atoms with Crippen LogP contribution in [-0.4, -0.2) is 50.5 Å². The van der Waals surface area contributed by atoms with Crippen molar-refractivity contribution in [2.24, 2.45) is 0 Å². The van der Waals surface area contributed by atoms with Crippen LogP contribution in [0.3, 0.4) is 0 Å². The van der Waals surface area contributed by atoms with Crippen LogP contribution in [0.15, 0.2) is 48.5 Å². The molecule has 0 bridgehead atoms. The smallest absolute Gasteiger partial charge is 0.387 e. The van der Waals surface area contributed by atoms with Crippen LogP contribution in [0.5, 0.6) is 17.2 Å². The second-order valence-electron chi connectivity index (χ2n) is 6.32. The van der Waals surface area contributed by atoms with E-state index in [0.29, 0.717) is 16.9 Å². The van der Waals surface area contributed by atoms with Crippen LogP contribution in [0.1, 0.15) is 22.8 Å². The highest BCUT2D eigenvalue weighted by Crippen LogP contribution is 2.30. The molecule has 0 atom stereocenters. The van der Waals surface area contributed by atoms with Gasteiger partial charge in [-0.3, -0.25) is 9.59 Å². The summed E-state index contributed by atoms with van der Waals surface area (Å²) in [4.78, 5) is 25.3. The summed E-state index contributed by atoms with van der Waals surface area (Å²) in [6, 6.07) is 10.8. The number of alkyl halides is 2. The SMILES string of the molecule is CCOc1cc(/C=C/C(=O)c2ccc(OCC(=O)N(C)C)cc2)ccc1OC(F)F. The Labute approximate surface area is 173 Å². The first-order valence-corrected chi connectivity index (χ1v) is 9.17. The Bertz CT molecular complexity index is 895. The van der Waals surface area contributed by atoms with E-state index in [2.05, 4.69) is 4.74 Å². The van der Waals surface area contributed by atoms with Crippen LogP contribution in [-0.2, 0) is 4.79 Å². The molecule has 0 aliphatic rings. The van der Waals surface area contributed by atoms with Gasteiger partial charge in [-0.05, 0) is 55.0 Å². The van der Waals surface area contributed by atoms with Crippen LogP contribution >= 0.6 is 0 Å². The summed E-state index contributed by atoms with van der Waals surface area (Å²) in [6.07, 6.45) is 2.92. The highest BCUT2D eigenvalue weighted by molar-refractivity contribution is 6.06. The van der Waals surface area contributed by atoms with Crippen molar-refractivity contribution in [3.63, 3.8) is 0 Å². The maximum absolute atomic E-state index is 12.5. The van der Waals surface area contributed by atoms with Gasteiger partial charge in [0.2, 0.25) is 0 Å². The van der Waals surface area contributed by atoms with Crippen molar-refractivity contribution in [3.05, 3.63) is 59.7 Å². The van der Waals surface area contributed by atoms with Crippen LogP contribution in [0.25, 0.3) is 6.08 Å². The van der Waals surface area contributed by atoms with E-state index in [4.69, 9.17) is 9.47 Å². The lowest BCUT2D eigenvalue weighted by Crippen LogP contribution is -2.27. The molecule has 0 aliphatic heterocycles. The van der Waals surface area contributed by atoms with E-state index >= 15 is 0 Å². The van der Waals surface area contributed by atoms with Crippen molar-refractivity contribution >= 4 is 17.8 Å². The number of amides is 1. The predicted octanol–water partition coefficient (Wildman–Crippen LogP) is 4.05. The van der Waals surface area contributed by atoms with E-state index in [1.54, 1.807) is 57.4 Å². The van der Waals surface area contributed by atoms with Gasteiger partial charge in [-0.15, -0.1) is 0 Å². The minimum Gasteiger partial charge on any atom is -0.490 e. The molecule has 0 saturated heterocycles.